The van der Waals surface area contributed by atoms with E-state index in [2.05, 4.69) is 39.0 Å². The van der Waals surface area contributed by atoms with Gasteiger partial charge in [0, 0.05) is 0 Å². The first-order valence-electron chi connectivity index (χ1n) is 6.13. The van der Waals surface area contributed by atoms with Crippen molar-refractivity contribution in [1.82, 2.24) is 0 Å². The standard InChI is InChI=1S/C14H26/c1-4-7-8-9-10-11-13-14(6-3)12-5-2/h5-6,12H,4,7-11,13H2,1-3H3/b12-5+,14-6-. The second-order valence-corrected chi connectivity index (χ2v) is 3.88. The van der Waals surface area contributed by atoms with E-state index in [1.54, 1.807) is 0 Å². The van der Waals surface area contributed by atoms with Crippen LogP contribution in [0.25, 0.3) is 0 Å². The summed E-state index contributed by atoms with van der Waals surface area (Å²) < 4.78 is 0. The molecule has 0 nitrogen and oxygen atoms in total. The van der Waals surface area contributed by atoms with Crippen molar-refractivity contribution in [2.45, 2.75) is 65.7 Å². The Morgan fingerprint density at radius 3 is 2.14 bits per heavy atom. The molecule has 0 aliphatic heterocycles. The Bertz CT molecular complexity index is 163. The molecule has 0 bridgehead atoms. The van der Waals surface area contributed by atoms with Crippen LogP contribution in [0.5, 0.6) is 0 Å². The van der Waals surface area contributed by atoms with Crippen LogP contribution in [0.4, 0.5) is 0 Å². The Labute approximate surface area is 90.1 Å². The van der Waals surface area contributed by atoms with Crippen molar-refractivity contribution in [2.24, 2.45) is 0 Å². The van der Waals surface area contributed by atoms with Gasteiger partial charge in [-0.15, -0.1) is 0 Å². The molecule has 0 aliphatic carbocycles. The zero-order chi connectivity index (χ0) is 10.6. The Morgan fingerprint density at radius 1 is 0.929 bits per heavy atom. The third-order valence-electron chi connectivity index (χ3n) is 2.57. The van der Waals surface area contributed by atoms with Crippen LogP contribution < -0.4 is 0 Å². The predicted octanol–water partition coefficient (Wildman–Crippen LogP) is 5.26. The largest absolute Gasteiger partial charge is 0.0874 e. The maximum Gasteiger partial charge on any atom is -0.0282 e. The fourth-order valence-corrected chi connectivity index (χ4v) is 1.65. The molecule has 82 valence electrons. The highest BCUT2D eigenvalue weighted by molar-refractivity contribution is 5.16. The quantitative estimate of drug-likeness (QED) is 0.365. The summed E-state index contributed by atoms with van der Waals surface area (Å²) in [4.78, 5) is 0. The first-order chi connectivity index (χ1) is 6.85. The molecule has 0 spiro atoms. The van der Waals surface area contributed by atoms with E-state index >= 15 is 0 Å². The molecule has 0 saturated heterocycles. The zero-order valence-corrected chi connectivity index (χ0v) is 10.2. The third kappa shape index (κ3) is 8.10. The molecule has 0 fully saturated rings. The van der Waals surface area contributed by atoms with Gasteiger partial charge >= 0.3 is 0 Å². The van der Waals surface area contributed by atoms with Gasteiger partial charge in [0.2, 0.25) is 0 Å². The lowest BCUT2D eigenvalue weighted by molar-refractivity contribution is 0.608. The number of hydrogen-bond donors (Lipinski definition) is 0. The first-order valence-corrected chi connectivity index (χ1v) is 6.13. The van der Waals surface area contributed by atoms with Gasteiger partial charge < -0.3 is 0 Å². The lowest BCUT2D eigenvalue weighted by atomic mass is 10.0. The smallest absolute Gasteiger partial charge is 0.0282 e. The van der Waals surface area contributed by atoms with E-state index in [0.29, 0.717) is 0 Å². The average Bonchev–Trinajstić information content (AvgIpc) is 2.21. The van der Waals surface area contributed by atoms with Gasteiger partial charge in [-0.2, -0.15) is 0 Å². The van der Waals surface area contributed by atoms with E-state index in [1.165, 1.54) is 50.5 Å². The van der Waals surface area contributed by atoms with E-state index in [0.717, 1.165) is 0 Å². The summed E-state index contributed by atoms with van der Waals surface area (Å²) in [5, 5.41) is 0. The summed E-state index contributed by atoms with van der Waals surface area (Å²) in [6.45, 7) is 6.49. The van der Waals surface area contributed by atoms with Gasteiger partial charge in [0.25, 0.3) is 0 Å². The Kier molecular flexibility index (Phi) is 10.2. The number of unbranched alkanes of at least 4 members (excludes halogenated alkanes) is 5. The summed E-state index contributed by atoms with van der Waals surface area (Å²) in [6.07, 6.45) is 16.2. The van der Waals surface area contributed by atoms with Gasteiger partial charge in [-0.1, -0.05) is 62.8 Å². The van der Waals surface area contributed by atoms with Crippen molar-refractivity contribution < 1.29 is 0 Å². The van der Waals surface area contributed by atoms with Crippen molar-refractivity contribution in [2.75, 3.05) is 0 Å². The lowest BCUT2D eigenvalue weighted by Crippen LogP contribution is -1.82. The van der Waals surface area contributed by atoms with Gasteiger partial charge in [0.05, 0.1) is 0 Å². The van der Waals surface area contributed by atoms with Gasteiger partial charge in [-0.05, 0) is 26.7 Å². The van der Waals surface area contributed by atoms with Crippen LogP contribution in [0.3, 0.4) is 0 Å². The Balaban J connectivity index is 3.34. The second-order valence-electron chi connectivity index (χ2n) is 3.88. The summed E-state index contributed by atoms with van der Waals surface area (Å²) in [5.41, 5.74) is 1.49. The molecule has 0 aromatic carbocycles. The van der Waals surface area contributed by atoms with Gasteiger partial charge in [-0.3, -0.25) is 0 Å². The Morgan fingerprint density at radius 2 is 1.57 bits per heavy atom. The SMILES string of the molecule is C/C=C/C(=C/C)CCCCCCCC. The first kappa shape index (κ1) is 13.5. The molecule has 0 radical (unpaired) electrons. The Hall–Kier alpha value is -0.520. The van der Waals surface area contributed by atoms with E-state index < -0.39 is 0 Å². The molecular formula is C14H26. The lowest BCUT2D eigenvalue weighted by Gasteiger charge is -2.01. The van der Waals surface area contributed by atoms with Crippen LogP contribution in [0.15, 0.2) is 23.8 Å². The van der Waals surface area contributed by atoms with Crippen LogP contribution in [-0.2, 0) is 0 Å². The van der Waals surface area contributed by atoms with Crippen LogP contribution in [0.2, 0.25) is 0 Å². The van der Waals surface area contributed by atoms with Crippen molar-refractivity contribution in [3.63, 3.8) is 0 Å². The molecule has 0 amide bonds. The summed E-state index contributed by atoms with van der Waals surface area (Å²) >= 11 is 0. The maximum atomic E-state index is 2.27. The highest BCUT2D eigenvalue weighted by atomic mass is 14.0. The molecule has 0 atom stereocenters. The second kappa shape index (κ2) is 10.6. The molecule has 0 unspecified atom stereocenters. The zero-order valence-electron chi connectivity index (χ0n) is 10.2. The van der Waals surface area contributed by atoms with Crippen LogP contribution >= 0.6 is 0 Å². The average molecular weight is 194 g/mol. The van der Waals surface area contributed by atoms with Crippen molar-refractivity contribution in [3.8, 4) is 0 Å². The molecule has 0 aromatic rings. The molecule has 0 aliphatic rings. The maximum absolute atomic E-state index is 2.27. The highest BCUT2D eigenvalue weighted by Gasteiger charge is 1.92. The molecule has 0 heterocycles. The van der Waals surface area contributed by atoms with Crippen LogP contribution in [-0.4, -0.2) is 0 Å². The molecule has 0 aromatic heterocycles. The normalized spacial score (nSPS) is 12.6. The highest BCUT2D eigenvalue weighted by Crippen LogP contribution is 2.12. The minimum atomic E-state index is 1.26. The minimum absolute atomic E-state index is 1.26. The van der Waals surface area contributed by atoms with E-state index in [4.69, 9.17) is 0 Å². The van der Waals surface area contributed by atoms with Gasteiger partial charge in [0.1, 0.15) is 0 Å². The fourth-order valence-electron chi connectivity index (χ4n) is 1.65. The minimum Gasteiger partial charge on any atom is -0.0874 e. The van der Waals surface area contributed by atoms with Gasteiger partial charge in [-0.25, -0.2) is 0 Å². The van der Waals surface area contributed by atoms with Crippen LogP contribution in [0, 0.1) is 0 Å². The van der Waals surface area contributed by atoms with Gasteiger partial charge in [0.15, 0.2) is 0 Å². The van der Waals surface area contributed by atoms with E-state index in [9.17, 15) is 0 Å². The summed E-state index contributed by atoms with van der Waals surface area (Å²) in [7, 11) is 0. The van der Waals surface area contributed by atoms with Crippen molar-refractivity contribution in [3.05, 3.63) is 23.8 Å². The van der Waals surface area contributed by atoms with Crippen LogP contribution in [0.1, 0.15) is 65.7 Å². The third-order valence-corrected chi connectivity index (χ3v) is 2.57. The molecule has 0 N–H and O–H groups in total. The fraction of sp³-hybridized carbons (Fsp3) is 0.714. The number of hydrogen-bond acceptors (Lipinski definition) is 0. The molecule has 14 heavy (non-hydrogen) atoms. The monoisotopic (exact) mass is 194 g/mol. The van der Waals surface area contributed by atoms with Crippen molar-refractivity contribution in [1.29, 1.82) is 0 Å². The number of rotatable bonds is 8. The summed E-state index contributed by atoms with van der Waals surface area (Å²) in [5.74, 6) is 0. The van der Waals surface area contributed by atoms with Crippen molar-refractivity contribution >= 4 is 0 Å². The molecule has 0 rings (SSSR count). The molecule has 0 heteroatoms. The predicted molar refractivity (Wildman–Crippen MR) is 66.6 cm³/mol. The number of allylic oxidation sites excluding steroid dienone is 4. The molecular weight excluding hydrogens is 168 g/mol. The van der Waals surface area contributed by atoms with E-state index in [-0.39, 0.29) is 0 Å². The summed E-state index contributed by atoms with van der Waals surface area (Å²) in [6, 6.07) is 0. The van der Waals surface area contributed by atoms with E-state index in [1.807, 2.05) is 0 Å². The topological polar surface area (TPSA) is 0 Å². The molecule has 0 saturated carbocycles.